The number of hydrogen-bond donors (Lipinski definition) is 2. The number of ketones is 1. The first kappa shape index (κ1) is 17.2. The SMILES string of the molecule is CC(=O)C(CCSSC(C)(C)CN)S(=O)(=O)O. The van der Waals surface area contributed by atoms with Gasteiger partial charge in [-0.3, -0.25) is 9.35 Å². The van der Waals surface area contributed by atoms with Crippen molar-refractivity contribution in [3.63, 3.8) is 0 Å². The second-order valence-corrected chi connectivity index (χ2v) is 8.99. The fourth-order valence-electron chi connectivity index (χ4n) is 0.952. The zero-order chi connectivity index (χ0) is 13.7. The van der Waals surface area contributed by atoms with Gasteiger partial charge in [0.05, 0.1) is 0 Å². The van der Waals surface area contributed by atoms with Crippen molar-refractivity contribution in [2.24, 2.45) is 5.73 Å². The van der Waals surface area contributed by atoms with Crippen LogP contribution in [-0.4, -0.2) is 41.0 Å². The minimum atomic E-state index is -4.28. The van der Waals surface area contributed by atoms with Crippen LogP contribution >= 0.6 is 21.6 Å². The number of rotatable bonds is 8. The predicted molar refractivity (Wildman–Crippen MR) is 73.8 cm³/mol. The third kappa shape index (κ3) is 7.30. The molecule has 0 saturated carbocycles. The molecule has 0 radical (unpaired) electrons. The molecule has 0 aliphatic rings. The van der Waals surface area contributed by atoms with Gasteiger partial charge in [0, 0.05) is 17.0 Å². The van der Waals surface area contributed by atoms with Crippen LogP contribution in [0.5, 0.6) is 0 Å². The Labute approximate surface area is 110 Å². The monoisotopic (exact) mass is 301 g/mol. The number of hydrogen-bond acceptors (Lipinski definition) is 6. The molecule has 0 fully saturated rings. The summed E-state index contributed by atoms with van der Waals surface area (Å²) in [6.07, 6.45) is 0.118. The Hall–Kier alpha value is 0.240. The molecule has 0 aliphatic carbocycles. The van der Waals surface area contributed by atoms with E-state index in [-0.39, 0.29) is 11.2 Å². The Morgan fingerprint density at radius 1 is 1.47 bits per heavy atom. The smallest absolute Gasteiger partial charge is 0.274 e. The zero-order valence-corrected chi connectivity index (χ0v) is 12.6. The summed E-state index contributed by atoms with van der Waals surface area (Å²) in [4.78, 5) is 11.1. The molecule has 0 bridgehead atoms. The molecular formula is C9H19NO4S3. The van der Waals surface area contributed by atoms with E-state index in [2.05, 4.69) is 0 Å². The van der Waals surface area contributed by atoms with Gasteiger partial charge in [-0.2, -0.15) is 8.42 Å². The van der Waals surface area contributed by atoms with Crippen LogP contribution in [0.2, 0.25) is 0 Å². The van der Waals surface area contributed by atoms with Gasteiger partial charge < -0.3 is 5.73 Å². The Balaban J connectivity index is 4.15. The predicted octanol–water partition coefficient (Wildman–Crippen LogP) is 1.34. The molecule has 0 aliphatic heterocycles. The first-order valence-electron chi connectivity index (χ1n) is 5.07. The van der Waals surface area contributed by atoms with Crippen molar-refractivity contribution in [1.82, 2.24) is 0 Å². The lowest BCUT2D eigenvalue weighted by molar-refractivity contribution is -0.116. The summed E-state index contributed by atoms with van der Waals surface area (Å²) in [5.74, 6) is -0.0609. The maximum atomic E-state index is 11.1. The molecule has 102 valence electrons. The molecule has 0 aromatic rings. The second-order valence-electron chi connectivity index (χ2n) is 4.27. The molecule has 0 aromatic heterocycles. The Bertz CT molecular complexity index is 353. The van der Waals surface area contributed by atoms with Crippen molar-refractivity contribution in [1.29, 1.82) is 0 Å². The lowest BCUT2D eigenvalue weighted by Gasteiger charge is -2.20. The largest absolute Gasteiger partial charge is 0.329 e. The van der Waals surface area contributed by atoms with Gasteiger partial charge in [0.2, 0.25) is 0 Å². The van der Waals surface area contributed by atoms with Gasteiger partial charge in [-0.05, 0) is 27.2 Å². The van der Waals surface area contributed by atoms with Crippen molar-refractivity contribution in [2.45, 2.75) is 37.2 Å². The maximum Gasteiger partial charge on any atom is 0.274 e. The van der Waals surface area contributed by atoms with Gasteiger partial charge in [0.25, 0.3) is 10.1 Å². The second kappa shape index (κ2) is 6.98. The highest BCUT2D eigenvalue weighted by atomic mass is 33.1. The van der Waals surface area contributed by atoms with Crippen molar-refractivity contribution in [2.75, 3.05) is 12.3 Å². The maximum absolute atomic E-state index is 11.1. The third-order valence-electron chi connectivity index (χ3n) is 2.05. The van der Waals surface area contributed by atoms with Crippen LogP contribution in [0, 0.1) is 0 Å². The van der Waals surface area contributed by atoms with Crippen molar-refractivity contribution >= 4 is 37.5 Å². The summed E-state index contributed by atoms with van der Waals surface area (Å²) >= 11 is 0. The molecule has 0 spiro atoms. The van der Waals surface area contributed by atoms with Crippen LogP contribution in [-0.2, 0) is 14.9 Å². The van der Waals surface area contributed by atoms with Crippen molar-refractivity contribution in [3.05, 3.63) is 0 Å². The number of carbonyl (C=O) groups is 1. The average molecular weight is 301 g/mol. The summed E-state index contributed by atoms with van der Waals surface area (Å²) in [5, 5.41) is -1.31. The molecule has 0 rings (SSSR count). The molecule has 0 saturated heterocycles. The van der Waals surface area contributed by atoms with Gasteiger partial charge in [0.15, 0.2) is 0 Å². The van der Waals surface area contributed by atoms with E-state index in [1.54, 1.807) is 10.8 Å². The quantitative estimate of drug-likeness (QED) is 0.396. The fourth-order valence-corrected chi connectivity index (χ4v) is 4.44. The van der Waals surface area contributed by atoms with E-state index in [0.717, 1.165) is 0 Å². The summed E-state index contributed by atoms with van der Waals surface area (Å²) in [6, 6.07) is 0. The third-order valence-corrected chi connectivity index (χ3v) is 6.68. The standard InChI is InChI=1S/C9H19NO4S3/c1-7(11)8(17(12,13)14)4-5-15-16-9(2,3)6-10/h8H,4-6,10H2,1-3H3,(H,12,13,14). The van der Waals surface area contributed by atoms with E-state index in [0.29, 0.717) is 12.3 Å². The normalized spacial score (nSPS) is 14.6. The van der Waals surface area contributed by atoms with E-state index in [4.69, 9.17) is 10.3 Å². The van der Waals surface area contributed by atoms with E-state index in [1.807, 2.05) is 13.8 Å². The highest BCUT2D eigenvalue weighted by Gasteiger charge is 2.27. The van der Waals surface area contributed by atoms with Gasteiger partial charge in [-0.15, -0.1) is 0 Å². The molecule has 0 heterocycles. The zero-order valence-electron chi connectivity index (χ0n) is 10.2. The van der Waals surface area contributed by atoms with Gasteiger partial charge in [-0.25, -0.2) is 0 Å². The minimum Gasteiger partial charge on any atom is -0.329 e. The fraction of sp³-hybridized carbons (Fsp3) is 0.889. The van der Waals surface area contributed by atoms with Crippen LogP contribution < -0.4 is 5.73 Å². The highest BCUT2D eigenvalue weighted by Crippen LogP contribution is 2.35. The van der Waals surface area contributed by atoms with Crippen LogP contribution in [0.3, 0.4) is 0 Å². The number of Topliss-reactive ketones (excluding diaryl/α,β-unsaturated/α-hetero) is 1. The first-order chi connectivity index (χ1) is 7.60. The molecule has 1 unspecified atom stereocenters. The van der Waals surface area contributed by atoms with E-state index >= 15 is 0 Å². The molecule has 5 nitrogen and oxygen atoms in total. The first-order valence-corrected chi connectivity index (χ1v) is 8.90. The molecule has 17 heavy (non-hydrogen) atoms. The van der Waals surface area contributed by atoms with E-state index in [9.17, 15) is 13.2 Å². The Kier molecular flexibility index (Phi) is 7.08. The molecule has 0 amide bonds. The molecule has 3 N–H and O–H groups in total. The topological polar surface area (TPSA) is 97.5 Å². The summed E-state index contributed by atoms with van der Waals surface area (Å²) < 4.78 is 30.6. The van der Waals surface area contributed by atoms with Crippen LogP contribution in [0.25, 0.3) is 0 Å². The molecule has 8 heteroatoms. The Morgan fingerprint density at radius 2 is 2.00 bits per heavy atom. The summed E-state index contributed by atoms with van der Waals surface area (Å²) in [6.45, 7) is 5.64. The summed E-state index contributed by atoms with van der Waals surface area (Å²) in [5.41, 5.74) is 5.54. The van der Waals surface area contributed by atoms with E-state index < -0.39 is 21.2 Å². The van der Waals surface area contributed by atoms with Gasteiger partial charge in [-0.1, -0.05) is 21.6 Å². The van der Waals surface area contributed by atoms with Gasteiger partial charge >= 0.3 is 0 Å². The lowest BCUT2D eigenvalue weighted by Crippen LogP contribution is -2.29. The number of nitrogens with two attached hydrogens (primary N) is 1. The number of carbonyl (C=O) groups excluding carboxylic acids is 1. The molecular weight excluding hydrogens is 282 g/mol. The van der Waals surface area contributed by atoms with Crippen molar-refractivity contribution in [3.8, 4) is 0 Å². The van der Waals surface area contributed by atoms with Crippen LogP contribution in [0.15, 0.2) is 0 Å². The average Bonchev–Trinajstić information content (AvgIpc) is 2.14. The molecule has 0 aromatic carbocycles. The van der Waals surface area contributed by atoms with Gasteiger partial charge in [0.1, 0.15) is 11.0 Å². The highest BCUT2D eigenvalue weighted by molar-refractivity contribution is 8.77. The van der Waals surface area contributed by atoms with E-state index in [1.165, 1.54) is 17.7 Å². The molecule has 1 atom stereocenters. The van der Waals surface area contributed by atoms with Crippen molar-refractivity contribution < 1.29 is 17.8 Å². The van der Waals surface area contributed by atoms with Crippen LogP contribution in [0.4, 0.5) is 0 Å². The lowest BCUT2D eigenvalue weighted by atomic mass is 10.2. The summed E-state index contributed by atoms with van der Waals surface area (Å²) in [7, 11) is -1.28. The van der Waals surface area contributed by atoms with Crippen LogP contribution in [0.1, 0.15) is 27.2 Å². The minimum absolute atomic E-state index is 0.0888. The Morgan fingerprint density at radius 3 is 2.35 bits per heavy atom.